The molecular weight excluding hydrogens is 224 g/mol. The molecule has 0 aliphatic rings. The Morgan fingerprint density at radius 3 is 2.71 bits per heavy atom. The summed E-state index contributed by atoms with van der Waals surface area (Å²) in [5.41, 5.74) is 0.116. The van der Waals surface area contributed by atoms with E-state index in [0.717, 1.165) is 12.8 Å². The van der Waals surface area contributed by atoms with Crippen LogP contribution in [0.3, 0.4) is 0 Å². The summed E-state index contributed by atoms with van der Waals surface area (Å²) in [4.78, 5) is 21.8. The monoisotopic (exact) mass is 240 g/mol. The fraction of sp³-hybridized carbons (Fsp3) is 0.545. The van der Waals surface area contributed by atoms with Crippen LogP contribution >= 0.6 is 0 Å². The van der Waals surface area contributed by atoms with Crippen molar-refractivity contribution in [2.24, 2.45) is 0 Å². The van der Waals surface area contributed by atoms with E-state index in [1.807, 2.05) is 0 Å². The lowest BCUT2D eigenvalue weighted by Gasteiger charge is -2.06. The molecule has 6 heteroatoms. The Kier molecular flexibility index (Phi) is 4.84. The van der Waals surface area contributed by atoms with Crippen molar-refractivity contribution in [2.45, 2.75) is 32.7 Å². The molecule has 1 heterocycles. The minimum Gasteiger partial charge on any atom is -0.396 e. The number of nitro groups is 1. The van der Waals surface area contributed by atoms with Crippen LogP contribution in [0.4, 0.5) is 5.69 Å². The molecule has 0 aromatic carbocycles. The maximum atomic E-state index is 11.7. The van der Waals surface area contributed by atoms with Crippen molar-refractivity contribution in [3.05, 3.63) is 38.3 Å². The summed E-state index contributed by atoms with van der Waals surface area (Å²) in [6, 6.07) is 1.28. The van der Waals surface area contributed by atoms with Gasteiger partial charge in [-0.05, 0) is 26.2 Å². The number of aliphatic hydroxyl groups is 1. The van der Waals surface area contributed by atoms with E-state index in [9.17, 15) is 14.9 Å². The third kappa shape index (κ3) is 3.67. The second-order valence-corrected chi connectivity index (χ2v) is 3.92. The molecule has 0 saturated carbocycles. The van der Waals surface area contributed by atoms with Gasteiger partial charge < -0.3 is 9.67 Å². The summed E-state index contributed by atoms with van der Waals surface area (Å²) in [6.07, 6.45) is 3.47. The van der Waals surface area contributed by atoms with Gasteiger partial charge in [0, 0.05) is 24.8 Å². The van der Waals surface area contributed by atoms with Gasteiger partial charge in [-0.25, -0.2) is 0 Å². The van der Waals surface area contributed by atoms with E-state index in [2.05, 4.69) is 0 Å². The van der Waals surface area contributed by atoms with Crippen molar-refractivity contribution in [3.63, 3.8) is 0 Å². The van der Waals surface area contributed by atoms with E-state index in [-0.39, 0.29) is 17.9 Å². The average molecular weight is 240 g/mol. The molecule has 0 saturated heterocycles. The minimum absolute atomic E-state index is 0.0655. The molecule has 0 bridgehead atoms. The first-order valence-corrected chi connectivity index (χ1v) is 5.52. The first-order valence-electron chi connectivity index (χ1n) is 5.52. The van der Waals surface area contributed by atoms with Gasteiger partial charge in [-0.15, -0.1) is 0 Å². The van der Waals surface area contributed by atoms with Gasteiger partial charge in [0.15, 0.2) is 0 Å². The highest BCUT2D eigenvalue weighted by molar-refractivity contribution is 5.30. The molecule has 1 aromatic rings. The number of pyridine rings is 1. The number of aliphatic hydroxyl groups excluding tert-OH is 1. The number of nitrogens with zero attached hydrogens (tertiary/aromatic N) is 2. The van der Waals surface area contributed by atoms with Crippen LogP contribution in [0.5, 0.6) is 0 Å². The lowest BCUT2D eigenvalue weighted by Crippen LogP contribution is -2.22. The first-order chi connectivity index (χ1) is 8.06. The van der Waals surface area contributed by atoms with Crippen LogP contribution in [0.1, 0.15) is 24.8 Å². The normalized spacial score (nSPS) is 10.5. The minimum atomic E-state index is -0.503. The predicted octanol–water partition coefficient (Wildman–Crippen LogP) is 1.23. The summed E-state index contributed by atoms with van der Waals surface area (Å²) in [7, 11) is 0. The van der Waals surface area contributed by atoms with E-state index < -0.39 is 4.92 Å². The molecule has 0 amide bonds. The predicted molar refractivity (Wildman–Crippen MR) is 63.0 cm³/mol. The Balaban J connectivity index is 2.83. The van der Waals surface area contributed by atoms with E-state index >= 15 is 0 Å². The Hall–Kier alpha value is -1.69. The number of rotatable bonds is 6. The molecule has 1 rings (SSSR count). The molecule has 0 unspecified atom stereocenters. The molecule has 0 radical (unpaired) electrons. The van der Waals surface area contributed by atoms with Crippen LogP contribution in [0.25, 0.3) is 0 Å². The number of hydrogen-bond donors (Lipinski definition) is 1. The van der Waals surface area contributed by atoms with Gasteiger partial charge in [0.25, 0.3) is 11.2 Å². The topological polar surface area (TPSA) is 85.4 Å². The van der Waals surface area contributed by atoms with Gasteiger partial charge in [0.2, 0.25) is 0 Å². The number of aromatic nitrogens is 1. The zero-order chi connectivity index (χ0) is 12.8. The van der Waals surface area contributed by atoms with Crippen LogP contribution in [0, 0.1) is 17.0 Å². The molecule has 0 aliphatic carbocycles. The van der Waals surface area contributed by atoms with Crippen molar-refractivity contribution < 1.29 is 10.0 Å². The lowest BCUT2D eigenvalue weighted by atomic mass is 10.2. The molecule has 6 nitrogen and oxygen atoms in total. The second kappa shape index (κ2) is 6.15. The zero-order valence-corrected chi connectivity index (χ0v) is 9.76. The van der Waals surface area contributed by atoms with Gasteiger partial charge in [-0.1, -0.05) is 0 Å². The van der Waals surface area contributed by atoms with Gasteiger partial charge in [-0.2, -0.15) is 0 Å². The highest BCUT2D eigenvalue weighted by Crippen LogP contribution is 2.10. The Labute approximate surface area is 98.7 Å². The molecule has 0 spiro atoms. The highest BCUT2D eigenvalue weighted by Gasteiger charge is 2.10. The molecule has 1 aromatic heterocycles. The van der Waals surface area contributed by atoms with Crippen LogP contribution in [-0.2, 0) is 6.54 Å². The van der Waals surface area contributed by atoms with E-state index in [1.165, 1.54) is 16.8 Å². The second-order valence-electron chi connectivity index (χ2n) is 3.92. The zero-order valence-electron chi connectivity index (χ0n) is 9.76. The fourth-order valence-corrected chi connectivity index (χ4v) is 1.60. The molecule has 0 atom stereocenters. The van der Waals surface area contributed by atoms with Crippen LogP contribution in [0.2, 0.25) is 0 Å². The van der Waals surface area contributed by atoms with E-state index in [4.69, 9.17) is 5.11 Å². The molecular formula is C11H16N2O4. The van der Waals surface area contributed by atoms with Crippen molar-refractivity contribution in [1.29, 1.82) is 0 Å². The summed E-state index contributed by atoms with van der Waals surface area (Å²) in [6.45, 7) is 2.14. The standard InChI is InChI=1S/C11H16N2O4/c1-9-7-10(13(16)17)8-12(11(9)15)5-3-2-4-6-14/h7-8,14H,2-6H2,1H3. The molecule has 1 N–H and O–H groups in total. The third-order valence-corrected chi connectivity index (χ3v) is 2.52. The summed E-state index contributed by atoms with van der Waals surface area (Å²) in [5, 5.41) is 19.3. The molecule has 0 fully saturated rings. The third-order valence-electron chi connectivity index (χ3n) is 2.52. The summed E-state index contributed by atoms with van der Waals surface area (Å²) >= 11 is 0. The summed E-state index contributed by atoms with van der Waals surface area (Å²) in [5.74, 6) is 0. The largest absolute Gasteiger partial charge is 0.396 e. The van der Waals surface area contributed by atoms with Crippen LogP contribution in [0.15, 0.2) is 17.1 Å². The Bertz CT molecular complexity index is 453. The van der Waals surface area contributed by atoms with Crippen molar-refractivity contribution in [3.8, 4) is 0 Å². The Morgan fingerprint density at radius 2 is 2.12 bits per heavy atom. The summed E-state index contributed by atoms with van der Waals surface area (Å²) < 4.78 is 1.37. The van der Waals surface area contributed by atoms with Gasteiger partial charge >= 0.3 is 0 Å². The van der Waals surface area contributed by atoms with Crippen molar-refractivity contribution >= 4 is 5.69 Å². The van der Waals surface area contributed by atoms with Gasteiger partial charge in [0.05, 0.1) is 11.1 Å². The van der Waals surface area contributed by atoms with E-state index in [0.29, 0.717) is 18.5 Å². The van der Waals surface area contributed by atoms with Crippen LogP contribution < -0.4 is 5.56 Å². The lowest BCUT2D eigenvalue weighted by molar-refractivity contribution is -0.385. The smallest absolute Gasteiger partial charge is 0.286 e. The maximum absolute atomic E-state index is 11.7. The molecule has 0 aliphatic heterocycles. The van der Waals surface area contributed by atoms with Crippen LogP contribution in [-0.4, -0.2) is 21.2 Å². The van der Waals surface area contributed by atoms with Gasteiger partial charge in [0.1, 0.15) is 0 Å². The SMILES string of the molecule is Cc1cc([N+](=O)[O-])cn(CCCCCO)c1=O. The van der Waals surface area contributed by atoms with Crippen molar-refractivity contribution in [1.82, 2.24) is 4.57 Å². The average Bonchev–Trinajstić information content (AvgIpc) is 2.29. The highest BCUT2D eigenvalue weighted by atomic mass is 16.6. The number of hydrogen-bond acceptors (Lipinski definition) is 4. The molecule has 17 heavy (non-hydrogen) atoms. The Morgan fingerprint density at radius 1 is 1.41 bits per heavy atom. The van der Waals surface area contributed by atoms with Gasteiger partial charge in [-0.3, -0.25) is 14.9 Å². The fourth-order valence-electron chi connectivity index (χ4n) is 1.60. The van der Waals surface area contributed by atoms with Crippen molar-refractivity contribution in [2.75, 3.05) is 6.61 Å². The number of aryl methyl sites for hydroxylation is 2. The quantitative estimate of drug-likeness (QED) is 0.460. The molecule has 94 valence electrons. The maximum Gasteiger partial charge on any atom is 0.286 e. The first kappa shape index (κ1) is 13.4. The van der Waals surface area contributed by atoms with E-state index in [1.54, 1.807) is 6.92 Å². The number of unbranched alkanes of at least 4 members (excludes halogenated alkanes) is 2.